The number of nitrogens with zero attached hydrogens (tertiary/aromatic N) is 1. The molecule has 0 atom stereocenters. The van der Waals surface area contributed by atoms with Crippen molar-refractivity contribution in [1.82, 2.24) is 4.90 Å². The summed E-state index contributed by atoms with van der Waals surface area (Å²) in [5.41, 5.74) is 9.02. The average Bonchev–Trinajstić information content (AvgIpc) is 2.40. The Morgan fingerprint density at radius 2 is 1.68 bits per heavy atom. The van der Waals surface area contributed by atoms with E-state index in [9.17, 15) is 5.11 Å². The van der Waals surface area contributed by atoms with Crippen LogP contribution in [0.3, 0.4) is 0 Å². The van der Waals surface area contributed by atoms with Gasteiger partial charge in [0.2, 0.25) is 0 Å². The minimum atomic E-state index is 0.308. The molecule has 0 heterocycles. The summed E-state index contributed by atoms with van der Waals surface area (Å²) < 4.78 is 0. The molecule has 0 aromatic heterocycles. The van der Waals surface area contributed by atoms with Crippen LogP contribution in [-0.4, -0.2) is 16.6 Å². The lowest BCUT2D eigenvalue weighted by molar-refractivity contribution is 0.271. The second-order valence-corrected chi connectivity index (χ2v) is 4.71. The first-order valence-electron chi connectivity index (χ1n) is 6.52. The highest BCUT2D eigenvalue weighted by Crippen LogP contribution is 2.14. The first-order valence-corrected chi connectivity index (χ1v) is 6.52. The molecule has 0 amide bonds. The van der Waals surface area contributed by atoms with Crippen LogP contribution in [0.15, 0.2) is 48.5 Å². The Balaban J connectivity index is 2.02. The highest BCUT2D eigenvalue weighted by Gasteiger charge is 2.05. The quantitative estimate of drug-likeness (QED) is 0.808. The first-order chi connectivity index (χ1) is 9.17. The van der Waals surface area contributed by atoms with Crippen molar-refractivity contribution in [2.45, 2.75) is 20.0 Å². The van der Waals surface area contributed by atoms with Gasteiger partial charge in [-0.3, -0.25) is 4.90 Å². The standard InChI is InChI=1S/C16H20N2O/c1-2-18(11-13-6-8-16(19)9-7-13)12-14-4-3-5-15(17)10-14/h3-10,19H,2,11-12,17H2,1H3. The van der Waals surface area contributed by atoms with Crippen LogP contribution in [0.1, 0.15) is 18.1 Å². The minimum Gasteiger partial charge on any atom is -0.508 e. The zero-order valence-corrected chi connectivity index (χ0v) is 11.2. The Kier molecular flexibility index (Phi) is 4.42. The van der Waals surface area contributed by atoms with Gasteiger partial charge in [-0.2, -0.15) is 0 Å². The molecule has 0 spiro atoms. The molecule has 0 bridgehead atoms. The second-order valence-electron chi connectivity index (χ2n) is 4.71. The number of hydrogen-bond donors (Lipinski definition) is 2. The van der Waals surface area contributed by atoms with Gasteiger partial charge in [0.25, 0.3) is 0 Å². The Hall–Kier alpha value is -2.00. The lowest BCUT2D eigenvalue weighted by Gasteiger charge is -2.20. The molecule has 19 heavy (non-hydrogen) atoms. The lowest BCUT2D eigenvalue weighted by atomic mass is 10.1. The van der Waals surface area contributed by atoms with Gasteiger partial charge in [-0.15, -0.1) is 0 Å². The first kappa shape index (κ1) is 13.4. The number of phenolic OH excluding ortho intramolecular Hbond substituents is 1. The molecule has 2 aromatic carbocycles. The second kappa shape index (κ2) is 6.25. The van der Waals surface area contributed by atoms with Crippen molar-refractivity contribution in [2.24, 2.45) is 0 Å². The highest BCUT2D eigenvalue weighted by molar-refractivity contribution is 5.40. The summed E-state index contributed by atoms with van der Waals surface area (Å²) in [6, 6.07) is 15.4. The third kappa shape index (κ3) is 4.00. The van der Waals surface area contributed by atoms with Crippen LogP contribution in [0.4, 0.5) is 5.69 Å². The summed E-state index contributed by atoms with van der Waals surface area (Å²) in [7, 11) is 0. The minimum absolute atomic E-state index is 0.308. The summed E-state index contributed by atoms with van der Waals surface area (Å²) in [5, 5.41) is 9.29. The summed E-state index contributed by atoms with van der Waals surface area (Å²) in [4.78, 5) is 2.33. The molecule has 0 saturated heterocycles. The number of rotatable bonds is 5. The summed E-state index contributed by atoms with van der Waals surface area (Å²) in [5.74, 6) is 0.308. The van der Waals surface area contributed by atoms with Crippen LogP contribution in [-0.2, 0) is 13.1 Å². The Morgan fingerprint density at radius 3 is 2.32 bits per heavy atom. The molecule has 0 saturated carbocycles. The van der Waals surface area contributed by atoms with E-state index in [0.29, 0.717) is 5.75 Å². The smallest absolute Gasteiger partial charge is 0.115 e. The summed E-state index contributed by atoms with van der Waals surface area (Å²) in [6.07, 6.45) is 0. The molecule has 3 heteroatoms. The summed E-state index contributed by atoms with van der Waals surface area (Å²) in [6.45, 7) is 4.86. The molecule has 2 rings (SSSR count). The molecular weight excluding hydrogens is 236 g/mol. The van der Waals surface area contributed by atoms with E-state index in [4.69, 9.17) is 5.73 Å². The van der Waals surface area contributed by atoms with Crippen molar-refractivity contribution < 1.29 is 5.11 Å². The lowest BCUT2D eigenvalue weighted by Crippen LogP contribution is -2.22. The Bertz CT molecular complexity index is 523. The van der Waals surface area contributed by atoms with Crippen molar-refractivity contribution in [1.29, 1.82) is 0 Å². The zero-order valence-electron chi connectivity index (χ0n) is 11.2. The number of nitrogens with two attached hydrogens (primary N) is 1. The van der Waals surface area contributed by atoms with E-state index in [1.807, 2.05) is 30.3 Å². The van der Waals surface area contributed by atoms with Crippen LogP contribution in [0, 0.1) is 0 Å². The topological polar surface area (TPSA) is 49.5 Å². The molecule has 3 nitrogen and oxygen atoms in total. The normalized spacial score (nSPS) is 10.8. The van der Waals surface area contributed by atoms with Gasteiger partial charge in [0.05, 0.1) is 0 Å². The van der Waals surface area contributed by atoms with Gasteiger partial charge in [0.15, 0.2) is 0 Å². The predicted octanol–water partition coefficient (Wildman–Crippen LogP) is 3.00. The van der Waals surface area contributed by atoms with Gasteiger partial charge < -0.3 is 10.8 Å². The molecule has 0 aliphatic rings. The Labute approximate surface area is 114 Å². The molecule has 0 aliphatic heterocycles. The Morgan fingerprint density at radius 1 is 1.00 bits per heavy atom. The SMILES string of the molecule is CCN(Cc1ccc(O)cc1)Cc1cccc(N)c1. The van der Waals surface area contributed by atoms with E-state index in [2.05, 4.69) is 17.9 Å². The predicted molar refractivity (Wildman–Crippen MR) is 78.7 cm³/mol. The maximum atomic E-state index is 9.29. The van der Waals surface area contributed by atoms with Crippen molar-refractivity contribution in [3.05, 3.63) is 59.7 Å². The monoisotopic (exact) mass is 256 g/mol. The molecule has 100 valence electrons. The van der Waals surface area contributed by atoms with Gasteiger partial charge in [-0.25, -0.2) is 0 Å². The number of anilines is 1. The summed E-state index contributed by atoms with van der Waals surface area (Å²) >= 11 is 0. The van der Waals surface area contributed by atoms with Gasteiger partial charge in [-0.05, 0) is 41.9 Å². The van der Waals surface area contributed by atoms with Crippen LogP contribution in [0.5, 0.6) is 5.75 Å². The molecule has 3 N–H and O–H groups in total. The fourth-order valence-electron chi connectivity index (χ4n) is 2.09. The highest BCUT2D eigenvalue weighted by atomic mass is 16.3. The number of nitrogen functional groups attached to an aromatic ring is 1. The zero-order chi connectivity index (χ0) is 13.7. The fraction of sp³-hybridized carbons (Fsp3) is 0.250. The van der Waals surface area contributed by atoms with Crippen LogP contribution >= 0.6 is 0 Å². The average molecular weight is 256 g/mol. The molecule has 0 fully saturated rings. The van der Waals surface area contributed by atoms with E-state index in [-0.39, 0.29) is 0 Å². The van der Waals surface area contributed by atoms with E-state index in [1.165, 1.54) is 11.1 Å². The third-order valence-electron chi connectivity index (χ3n) is 3.15. The number of phenols is 1. The van der Waals surface area contributed by atoms with E-state index in [1.54, 1.807) is 12.1 Å². The van der Waals surface area contributed by atoms with E-state index >= 15 is 0 Å². The number of aromatic hydroxyl groups is 1. The molecular formula is C16H20N2O. The van der Waals surface area contributed by atoms with Crippen LogP contribution in [0.2, 0.25) is 0 Å². The van der Waals surface area contributed by atoms with Crippen LogP contribution < -0.4 is 5.73 Å². The maximum Gasteiger partial charge on any atom is 0.115 e. The largest absolute Gasteiger partial charge is 0.508 e. The molecule has 2 aromatic rings. The third-order valence-corrected chi connectivity index (χ3v) is 3.15. The van der Waals surface area contributed by atoms with E-state index < -0.39 is 0 Å². The van der Waals surface area contributed by atoms with Crippen molar-refractivity contribution in [2.75, 3.05) is 12.3 Å². The molecule has 0 radical (unpaired) electrons. The molecule has 0 unspecified atom stereocenters. The number of benzene rings is 2. The fourth-order valence-corrected chi connectivity index (χ4v) is 2.09. The van der Waals surface area contributed by atoms with Crippen molar-refractivity contribution in [3.63, 3.8) is 0 Å². The molecule has 0 aliphatic carbocycles. The van der Waals surface area contributed by atoms with Crippen molar-refractivity contribution in [3.8, 4) is 5.75 Å². The van der Waals surface area contributed by atoms with E-state index in [0.717, 1.165) is 25.3 Å². The maximum absolute atomic E-state index is 9.29. The van der Waals surface area contributed by atoms with Gasteiger partial charge in [0, 0.05) is 18.8 Å². The van der Waals surface area contributed by atoms with Gasteiger partial charge in [0.1, 0.15) is 5.75 Å². The van der Waals surface area contributed by atoms with Gasteiger partial charge >= 0.3 is 0 Å². The van der Waals surface area contributed by atoms with Crippen LogP contribution in [0.25, 0.3) is 0 Å². The van der Waals surface area contributed by atoms with Crippen molar-refractivity contribution >= 4 is 5.69 Å². The van der Waals surface area contributed by atoms with Gasteiger partial charge in [-0.1, -0.05) is 31.2 Å². The number of hydrogen-bond acceptors (Lipinski definition) is 3.